The van der Waals surface area contributed by atoms with Crippen molar-refractivity contribution in [2.24, 2.45) is 11.8 Å². The predicted molar refractivity (Wildman–Crippen MR) is 82.4 cm³/mol. The van der Waals surface area contributed by atoms with Crippen LogP contribution in [0.5, 0.6) is 0 Å². The van der Waals surface area contributed by atoms with E-state index in [0.29, 0.717) is 24.1 Å². The van der Waals surface area contributed by atoms with E-state index in [1.165, 1.54) is 6.07 Å². The molecule has 5 nitrogen and oxygen atoms in total. The average Bonchev–Trinajstić information content (AvgIpc) is 2.98. The first kappa shape index (κ1) is 16.5. The standard InChI is InChI=1S/C15H26N2O3S/c1-11(2)9-16-10-14-6-7-15(20-14)21(18,19)17-13-5-4-12(3)8-13/h6-7,11-13,16-17H,4-5,8-10H2,1-3H3. The molecule has 0 bridgehead atoms. The smallest absolute Gasteiger partial charge is 0.274 e. The SMILES string of the molecule is CC(C)CNCc1ccc(S(=O)(=O)NC2CCC(C)C2)o1. The fourth-order valence-electron chi connectivity index (χ4n) is 2.67. The molecule has 0 amide bonds. The van der Waals surface area contributed by atoms with Crippen molar-refractivity contribution >= 4 is 10.0 Å². The number of sulfonamides is 1. The van der Waals surface area contributed by atoms with Gasteiger partial charge in [0.2, 0.25) is 5.09 Å². The molecular formula is C15H26N2O3S. The monoisotopic (exact) mass is 314 g/mol. The van der Waals surface area contributed by atoms with Crippen molar-refractivity contribution in [1.82, 2.24) is 10.0 Å². The van der Waals surface area contributed by atoms with Gasteiger partial charge in [-0.1, -0.05) is 20.8 Å². The summed E-state index contributed by atoms with van der Waals surface area (Å²) in [5.74, 6) is 1.79. The first-order valence-corrected chi connectivity index (χ1v) is 9.17. The Morgan fingerprint density at radius 3 is 2.71 bits per heavy atom. The van der Waals surface area contributed by atoms with Crippen LogP contribution in [0.1, 0.15) is 45.8 Å². The predicted octanol–water partition coefficient (Wildman–Crippen LogP) is 2.49. The van der Waals surface area contributed by atoms with Crippen LogP contribution in [0, 0.1) is 11.8 Å². The zero-order chi connectivity index (χ0) is 15.5. The van der Waals surface area contributed by atoms with Crippen molar-refractivity contribution < 1.29 is 12.8 Å². The van der Waals surface area contributed by atoms with Gasteiger partial charge >= 0.3 is 0 Å². The van der Waals surface area contributed by atoms with Gasteiger partial charge in [-0.25, -0.2) is 13.1 Å². The van der Waals surface area contributed by atoms with Gasteiger partial charge in [0, 0.05) is 6.04 Å². The van der Waals surface area contributed by atoms with Crippen molar-refractivity contribution in [1.29, 1.82) is 0 Å². The molecule has 2 unspecified atom stereocenters. The quantitative estimate of drug-likeness (QED) is 0.811. The molecule has 1 aliphatic rings. The summed E-state index contributed by atoms with van der Waals surface area (Å²) >= 11 is 0. The Labute approximate surface area is 127 Å². The molecule has 1 heterocycles. The van der Waals surface area contributed by atoms with Crippen LogP contribution in [0.4, 0.5) is 0 Å². The molecule has 6 heteroatoms. The van der Waals surface area contributed by atoms with Crippen LogP contribution in [0.3, 0.4) is 0 Å². The van der Waals surface area contributed by atoms with E-state index in [2.05, 4.69) is 30.8 Å². The third kappa shape index (κ3) is 4.83. The van der Waals surface area contributed by atoms with E-state index in [1.54, 1.807) is 6.07 Å². The van der Waals surface area contributed by atoms with Crippen LogP contribution >= 0.6 is 0 Å². The highest BCUT2D eigenvalue weighted by atomic mass is 32.2. The molecule has 0 aromatic carbocycles. The van der Waals surface area contributed by atoms with Crippen molar-refractivity contribution in [3.8, 4) is 0 Å². The molecule has 2 N–H and O–H groups in total. The Morgan fingerprint density at radius 1 is 1.33 bits per heavy atom. The summed E-state index contributed by atoms with van der Waals surface area (Å²) in [4.78, 5) is 0. The maximum absolute atomic E-state index is 12.3. The van der Waals surface area contributed by atoms with Crippen molar-refractivity contribution in [3.63, 3.8) is 0 Å². The van der Waals surface area contributed by atoms with Gasteiger partial charge in [-0.15, -0.1) is 0 Å². The normalized spacial score (nSPS) is 23.0. The lowest BCUT2D eigenvalue weighted by Gasteiger charge is -2.11. The Bertz CT molecular complexity index is 551. The lowest BCUT2D eigenvalue weighted by Crippen LogP contribution is -2.32. The lowest BCUT2D eigenvalue weighted by atomic mass is 10.1. The fourth-order valence-corrected chi connectivity index (χ4v) is 3.91. The fraction of sp³-hybridized carbons (Fsp3) is 0.733. The molecule has 21 heavy (non-hydrogen) atoms. The van der Waals surface area contributed by atoms with Gasteiger partial charge in [0.05, 0.1) is 6.54 Å². The molecule has 120 valence electrons. The van der Waals surface area contributed by atoms with Gasteiger partial charge in [0.25, 0.3) is 10.0 Å². The van der Waals surface area contributed by atoms with Crippen LogP contribution in [-0.4, -0.2) is 21.0 Å². The molecule has 1 aromatic heterocycles. The Hall–Kier alpha value is -0.850. The highest BCUT2D eigenvalue weighted by molar-refractivity contribution is 7.89. The molecule has 2 atom stereocenters. The first-order valence-electron chi connectivity index (χ1n) is 7.68. The molecule has 1 fully saturated rings. The summed E-state index contributed by atoms with van der Waals surface area (Å²) in [6.07, 6.45) is 2.89. The largest absolute Gasteiger partial charge is 0.447 e. The maximum Gasteiger partial charge on any atom is 0.274 e. The van der Waals surface area contributed by atoms with E-state index in [1.807, 2.05) is 0 Å². The Kier molecular flexibility index (Phi) is 5.46. The van der Waals surface area contributed by atoms with Gasteiger partial charge in [-0.2, -0.15) is 0 Å². The Balaban J connectivity index is 1.92. The number of furan rings is 1. The third-order valence-corrected chi connectivity index (χ3v) is 5.16. The van der Waals surface area contributed by atoms with E-state index >= 15 is 0 Å². The van der Waals surface area contributed by atoms with Crippen LogP contribution in [0.15, 0.2) is 21.6 Å². The van der Waals surface area contributed by atoms with Crippen molar-refractivity contribution in [2.75, 3.05) is 6.54 Å². The minimum Gasteiger partial charge on any atom is -0.447 e. The second-order valence-electron chi connectivity index (χ2n) is 6.48. The van der Waals surface area contributed by atoms with Gasteiger partial charge in [-0.05, 0) is 49.8 Å². The lowest BCUT2D eigenvalue weighted by molar-refractivity contribution is 0.392. The number of nitrogens with one attached hydrogen (secondary N) is 2. The summed E-state index contributed by atoms with van der Waals surface area (Å²) in [5, 5.41) is 3.25. The summed E-state index contributed by atoms with van der Waals surface area (Å²) < 4.78 is 32.7. The molecule has 0 aliphatic heterocycles. The summed E-state index contributed by atoms with van der Waals surface area (Å²) in [6.45, 7) is 7.82. The molecule has 1 aromatic rings. The van der Waals surface area contributed by atoms with Gasteiger partial charge in [0.1, 0.15) is 5.76 Å². The van der Waals surface area contributed by atoms with Gasteiger partial charge < -0.3 is 9.73 Å². The molecule has 0 spiro atoms. The average molecular weight is 314 g/mol. The molecule has 0 saturated heterocycles. The molecule has 1 saturated carbocycles. The summed E-state index contributed by atoms with van der Waals surface area (Å²) in [6, 6.07) is 3.30. The molecule has 2 rings (SSSR count). The van der Waals surface area contributed by atoms with Gasteiger partial charge in [-0.3, -0.25) is 0 Å². The second kappa shape index (κ2) is 6.94. The van der Waals surface area contributed by atoms with E-state index in [0.717, 1.165) is 25.8 Å². The van der Waals surface area contributed by atoms with E-state index < -0.39 is 10.0 Å². The third-order valence-electron chi connectivity index (χ3n) is 3.77. The molecular weight excluding hydrogens is 288 g/mol. The number of hydrogen-bond acceptors (Lipinski definition) is 4. The van der Waals surface area contributed by atoms with Crippen molar-refractivity contribution in [2.45, 2.75) is 57.7 Å². The minimum absolute atomic E-state index is 0.0170. The zero-order valence-corrected chi connectivity index (χ0v) is 13.9. The molecule has 1 aliphatic carbocycles. The zero-order valence-electron chi connectivity index (χ0n) is 13.1. The van der Waals surface area contributed by atoms with Crippen LogP contribution in [-0.2, 0) is 16.6 Å². The first-order chi connectivity index (χ1) is 9.87. The number of rotatable bonds is 7. The van der Waals surface area contributed by atoms with E-state index in [-0.39, 0.29) is 11.1 Å². The summed E-state index contributed by atoms with van der Waals surface area (Å²) in [5.41, 5.74) is 0. The van der Waals surface area contributed by atoms with Crippen molar-refractivity contribution in [3.05, 3.63) is 17.9 Å². The van der Waals surface area contributed by atoms with Crippen LogP contribution in [0.2, 0.25) is 0 Å². The Morgan fingerprint density at radius 2 is 2.10 bits per heavy atom. The van der Waals surface area contributed by atoms with Gasteiger partial charge in [0.15, 0.2) is 0 Å². The van der Waals surface area contributed by atoms with Crippen LogP contribution < -0.4 is 10.0 Å². The highest BCUT2D eigenvalue weighted by Crippen LogP contribution is 2.26. The second-order valence-corrected chi connectivity index (χ2v) is 8.13. The summed E-state index contributed by atoms with van der Waals surface area (Å²) in [7, 11) is -3.53. The van der Waals surface area contributed by atoms with E-state index in [4.69, 9.17) is 4.42 Å². The van der Waals surface area contributed by atoms with E-state index in [9.17, 15) is 8.42 Å². The number of hydrogen-bond donors (Lipinski definition) is 2. The minimum atomic E-state index is -3.53. The maximum atomic E-state index is 12.3. The highest BCUT2D eigenvalue weighted by Gasteiger charge is 2.28. The van der Waals surface area contributed by atoms with Crippen LogP contribution in [0.25, 0.3) is 0 Å². The topological polar surface area (TPSA) is 71.3 Å². The molecule has 0 radical (unpaired) electrons.